The van der Waals surface area contributed by atoms with Crippen molar-refractivity contribution in [2.24, 2.45) is 16.3 Å². The number of nitrogens with one attached hydrogen (secondary N) is 1. The molecule has 4 rings (SSSR count). The monoisotopic (exact) mass is 294 g/mol. The molecule has 4 aliphatic rings. The van der Waals surface area contributed by atoms with Gasteiger partial charge < -0.3 is 10.1 Å². The van der Waals surface area contributed by atoms with Gasteiger partial charge in [-0.1, -0.05) is 31.0 Å². The lowest BCUT2D eigenvalue weighted by Gasteiger charge is -2.39. The molecule has 3 fully saturated rings. The fourth-order valence-electron chi connectivity index (χ4n) is 4.06. The van der Waals surface area contributed by atoms with Crippen LogP contribution in [0.2, 0.25) is 0 Å². The average molecular weight is 294 g/mol. The summed E-state index contributed by atoms with van der Waals surface area (Å²) in [5, 5.41) is 4.90. The number of ether oxygens (including phenoxy) is 1. The normalized spacial score (nSPS) is 36.9. The lowest BCUT2D eigenvalue weighted by Crippen LogP contribution is -2.43. The Morgan fingerprint density at radius 2 is 2.00 bits per heavy atom. The smallest absolute Gasteiger partial charge is 0.156 e. The molecule has 2 atom stereocenters. The highest BCUT2D eigenvalue weighted by molar-refractivity contribution is 8.13. The molecule has 2 heterocycles. The van der Waals surface area contributed by atoms with E-state index >= 15 is 0 Å². The molecule has 2 saturated carbocycles. The average Bonchev–Trinajstić information content (AvgIpc) is 3.23. The molecule has 4 heteroatoms. The van der Waals surface area contributed by atoms with E-state index in [-0.39, 0.29) is 0 Å². The van der Waals surface area contributed by atoms with Crippen molar-refractivity contribution in [3.63, 3.8) is 0 Å². The molecule has 2 unspecified atom stereocenters. The SMILES string of the molecule is C1CCC2(CC1)CN=C(NC1CCOC1C1CC1)SC2. The van der Waals surface area contributed by atoms with Crippen LogP contribution in [0.1, 0.15) is 51.4 Å². The van der Waals surface area contributed by atoms with Crippen LogP contribution in [0.4, 0.5) is 0 Å². The van der Waals surface area contributed by atoms with Crippen LogP contribution >= 0.6 is 11.8 Å². The maximum absolute atomic E-state index is 5.91. The van der Waals surface area contributed by atoms with Gasteiger partial charge >= 0.3 is 0 Å². The highest BCUT2D eigenvalue weighted by atomic mass is 32.2. The van der Waals surface area contributed by atoms with E-state index < -0.39 is 0 Å². The summed E-state index contributed by atoms with van der Waals surface area (Å²) < 4.78 is 5.91. The minimum atomic E-state index is 0.462. The standard InChI is InChI=1S/C16H26N2OS/c1-2-7-16(8-3-1)10-17-15(20-11-16)18-13-6-9-19-14(13)12-4-5-12/h12-14H,1-11H2,(H,17,18). The fourth-order valence-corrected chi connectivity index (χ4v) is 5.27. The molecule has 1 N–H and O–H groups in total. The molecule has 0 bridgehead atoms. The molecule has 0 amide bonds. The van der Waals surface area contributed by atoms with Crippen molar-refractivity contribution in [1.82, 2.24) is 5.32 Å². The first-order valence-electron chi connectivity index (χ1n) is 8.40. The van der Waals surface area contributed by atoms with Crippen molar-refractivity contribution in [3.05, 3.63) is 0 Å². The van der Waals surface area contributed by atoms with Crippen LogP contribution in [0.5, 0.6) is 0 Å². The zero-order chi connectivity index (χ0) is 13.4. The summed E-state index contributed by atoms with van der Waals surface area (Å²) in [6.07, 6.45) is 11.4. The maximum Gasteiger partial charge on any atom is 0.156 e. The second-order valence-corrected chi connectivity index (χ2v) is 8.15. The van der Waals surface area contributed by atoms with Gasteiger partial charge in [0.15, 0.2) is 5.17 Å². The van der Waals surface area contributed by atoms with Gasteiger partial charge in [0.1, 0.15) is 0 Å². The van der Waals surface area contributed by atoms with Crippen LogP contribution < -0.4 is 5.32 Å². The third-order valence-electron chi connectivity index (χ3n) is 5.52. The predicted molar refractivity (Wildman–Crippen MR) is 84.3 cm³/mol. The van der Waals surface area contributed by atoms with Crippen molar-refractivity contribution in [2.75, 3.05) is 18.9 Å². The Kier molecular flexibility index (Phi) is 3.71. The number of hydrogen-bond donors (Lipinski definition) is 1. The van der Waals surface area contributed by atoms with Gasteiger partial charge in [0, 0.05) is 18.9 Å². The van der Waals surface area contributed by atoms with Gasteiger partial charge in [-0.25, -0.2) is 0 Å². The lowest BCUT2D eigenvalue weighted by molar-refractivity contribution is 0.0844. The first-order chi connectivity index (χ1) is 9.85. The number of thioether (sulfide) groups is 1. The summed E-state index contributed by atoms with van der Waals surface area (Å²) in [6, 6.07) is 0.522. The van der Waals surface area contributed by atoms with E-state index in [1.165, 1.54) is 55.9 Å². The van der Waals surface area contributed by atoms with E-state index in [2.05, 4.69) is 5.32 Å². The Labute approximate surface area is 126 Å². The third-order valence-corrected chi connectivity index (χ3v) is 6.80. The Morgan fingerprint density at radius 1 is 1.15 bits per heavy atom. The zero-order valence-electron chi connectivity index (χ0n) is 12.3. The fraction of sp³-hybridized carbons (Fsp3) is 0.938. The van der Waals surface area contributed by atoms with E-state index in [9.17, 15) is 0 Å². The molecule has 2 aliphatic heterocycles. The zero-order valence-corrected chi connectivity index (χ0v) is 13.1. The topological polar surface area (TPSA) is 33.6 Å². The molecule has 0 aromatic heterocycles. The van der Waals surface area contributed by atoms with E-state index in [0.717, 1.165) is 25.5 Å². The Morgan fingerprint density at radius 3 is 2.70 bits per heavy atom. The summed E-state index contributed by atoms with van der Waals surface area (Å²) in [4.78, 5) is 4.90. The van der Waals surface area contributed by atoms with E-state index in [0.29, 0.717) is 17.6 Å². The van der Waals surface area contributed by atoms with Crippen LogP contribution in [-0.4, -0.2) is 36.2 Å². The van der Waals surface area contributed by atoms with Crippen LogP contribution in [0.3, 0.4) is 0 Å². The number of rotatable bonds is 2. The molecule has 0 radical (unpaired) electrons. The quantitative estimate of drug-likeness (QED) is 0.849. The summed E-state index contributed by atoms with van der Waals surface area (Å²) in [5.74, 6) is 2.11. The number of aliphatic imine (C=N–C) groups is 1. The predicted octanol–water partition coefficient (Wildman–Crippen LogP) is 3.20. The third kappa shape index (κ3) is 2.74. The summed E-state index contributed by atoms with van der Waals surface area (Å²) in [5.41, 5.74) is 0.538. The molecule has 3 nitrogen and oxygen atoms in total. The second-order valence-electron chi connectivity index (χ2n) is 7.18. The van der Waals surface area contributed by atoms with Crippen molar-refractivity contribution in [1.29, 1.82) is 0 Å². The molecule has 0 aromatic carbocycles. The second kappa shape index (κ2) is 5.53. The van der Waals surface area contributed by atoms with Crippen LogP contribution in [0, 0.1) is 11.3 Å². The van der Waals surface area contributed by atoms with Gasteiger partial charge in [-0.2, -0.15) is 0 Å². The van der Waals surface area contributed by atoms with Crippen molar-refractivity contribution >= 4 is 16.9 Å². The van der Waals surface area contributed by atoms with Crippen LogP contribution in [0.15, 0.2) is 4.99 Å². The van der Waals surface area contributed by atoms with Gasteiger partial charge in [-0.15, -0.1) is 0 Å². The Hall–Kier alpha value is -0.220. The molecule has 1 spiro atoms. The molecule has 112 valence electrons. The Balaban J connectivity index is 1.35. The van der Waals surface area contributed by atoms with Crippen molar-refractivity contribution < 1.29 is 4.74 Å². The highest BCUT2D eigenvalue weighted by Gasteiger charge is 2.42. The van der Waals surface area contributed by atoms with Crippen molar-refractivity contribution in [3.8, 4) is 0 Å². The first kappa shape index (κ1) is 13.4. The first-order valence-corrected chi connectivity index (χ1v) is 9.39. The maximum atomic E-state index is 5.91. The number of hydrogen-bond acceptors (Lipinski definition) is 4. The number of nitrogens with zero attached hydrogens (tertiary/aromatic N) is 1. The minimum absolute atomic E-state index is 0.462. The van der Waals surface area contributed by atoms with Gasteiger partial charge in [-0.05, 0) is 43.4 Å². The molecule has 2 aliphatic carbocycles. The lowest BCUT2D eigenvalue weighted by atomic mass is 9.75. The summed E-state index contributed by atoms with van der Waals surface area (Å²) >= 11 is 1.97. The Bertz CT molecular complexity index is 388. The van der Waals surface area contributed by atoms with Crippen molar-refractivity contribution in [2.45, 2.75) is 63.5 Å². The van der Waals surface area contributed by atoms with Crippen LogP contribution in [0.25, 0.3) is 0 Å². The van der Waals surface area contributed by atoms with E-state index in [1.807, 2.05) is 11.8 Å². The molecule has 1 saturated heterocycles. The largest absolute Gasteiger partial charge is 0.376 e. The molecular formula is C16H26N2OS. The van der Waals surface area contributed by atoms with Gasteiger partial charge in [0.25, 0.3) is 0 Å². The summed E-state index contributed by atoms with van der Waals surface area (Å²) in [6.45, 7) is 1.99. The molecular weight excluding hydrogens is 268 g/mol. The highest BCUT2D eigenvalue weighted by Crippen LogP contribution is 2.42. The van der Waals surface area contributed by atoms with E-state index in [4.69, 9.17) is 9.73 Å². The van der Waals surface area contributed by atoms with E-state index in [1.54, 1.807) is 0 Å². The summed E-state index contributed by atoms with van der Waals surface area (Å²) in [7, 11) is 0. The minimum Gasteiger partial charge on any atom is -0.376 e. The number of amidine groups is 1. The van der Waals surface area contributed by atoms with Crippen LogP contribution in [-0.2, 0) is 4.74 Å². The molecule has 20 heavy (non-hydrogen) atoms. The van der Waals surface area contributed by atoms with Gasteiger partial charge in [-0.3, -0.25) is 4.99 Å². The van der Waals surface area contributed by atoms with Gasteiger partial charge in [0.05, 0.1) is 12.1 Å². The molecule has 0 aromatic rings. The van der Waals surface area contributed by atoms with Gasteiger partial charge in [0.2, 0.25) is 0 Å².